The zero-order valence-corrected chi connectivity index (χ0v) is 17.8. The van der Waals surface area contributed by atoms with Crippen LogP contribution < -0.4 is 10.1 Å². The van der Waals surface area contributed by atoms with Gasteiger partial charge in [0.25, 0.3) is 0 Å². The highest BCUT2D eigenvalue weighted by atomic mass is 19.1. The molecule has 0 atom stereocenters. The van der Waals surface area contributed by atoms with E-state index in [4.69, 9.17) is 4.74 Å². The third-order valence-electron chi connectivity index (χ3n) is 7.48. The summed E-state index contributed by atoms with van der Waals surface area (Å²) in [6.45, 7) is 0.771. The number of hydrogen-bond donors (Lipinski definition) is 1. The molecule has 1 aromatic carbocycles. The van der Waals surface area contributed by atoms with Crippen LogP contribution >= 0.6 is 0 Å². The lowest BCUT2D eigenvalue weighted by atomic mass is 9.49. The van der Waals surface area contributed by atoms with Gasteiger partial charge in [0.1, 0.15) is 12.4 Å². The molecule has 1 amide bonds. The number of carbonyl (C=O) groups is 1. The number of aromatic nitrogens is 4. The number of nitrogens with one attached hydrogen (secondary N) is 1. The van der Waals surface area contributed by atoms with Crippen LogP contribution in [0.1, 0.15) is 38.5 Å². The Kier molecular flexibility index (Phi) is 4.62. The number of hydrogen-bond acceptors (Lipinski definition) is 5. The smallest absolute Gasteiger partial charge is 0.231 e. The van der Waals surface area contributed by atoms with Gasteiger partial charge in [0.15, 0.2) is 11.5 Å². The van der Waals surface area contributed by atoms with Crippen molar-refractivity contribution < 1.29 is 13.9 Å². The fraction of sp³-hybridized carbons (Fsp3) is 0.500. The normalized spacial score (nSPS) is 28.2. The Bertz CT molecular complexity index is 1140. The number of carbonyl (C=O) groups excluding carboxylic acids is 1. The minimum Gasteiger partial charge on any atom is -0.475 e. The first kappa shape index (κ1) is 19.6. The third-order valence-corrected chi connectivity index (χ3v) is 7.48. The molecular weight excluding hydrogens is 409 g/mol. The monoisotopic (exact) mass is 435 g/mol. The predicted octanol–water partition coefficient (Wildman–Crippen LogP) is 3.64. The van der Waals surface area contributed by atoms with Crippen molar-refractivity contribution in [2.45, 2.75) is 38.5 Å². The average Bonchev–Trinajstić information content (AvgIpc) is 3.19. The number of nitrogens with zero attached hydrogens (tertiary/aromatic N) is 4. The van der Waals surface area contributed by atoms with E-state index >= 15 is 0 Å². The molecule has 4 aliphatic rings. The molecule has 4 aliphatic carbocycles. The van der Waals surface area contributed by atoms with Crippen molar-refractivity contribution in [2.75, 3.05) is 13.2 Å². The lowest BCUT2D eigenvalue weighted by molar-refractivity contribution is -0.146. The molecule has 2 heterocycles. The van der Waals surface area contributed by atoms with Crippen LogP contribution in [0.3, 0.4) is 0 Å². The Morgan fingerprint density at radius 2 is 1.84 bits per heavy atom. The first-order valence-electron chi connectivity index (χ1n) is 11.5. The minimum atomic E-state index is -0.346. The van der Waals surface area contributed by atoms with Crippen LogP contribution in [0.4, 0.5) is 4.39 Å². The van der Waals surface area contributed by atoms with Gasteiger partial charge in [-0.2, -0.15) is 4.52 Å². The summed E-state index contributed by atoms with van der Waals surface area (Å²) in [4.78, 5) is 13.0. The highest BCUT2D eigenvalue weighted by Crippen LogP contribution is 2.60. The molecule has 2 aromatic heterocycles. The Hall–Kier alpha value is -3.03. The molecule has 1 N–H and O–H groups in total. The second-order valence-corrected chi connectivity index (χ2v) is 9.78. The number of amides is 1. The SMILES string of the molecule is O=C(NCCOc1ccc2nnc(-c3cccc(F)c3)n2n1)C12CC3CC(CC(C3)C1)C2. The molecule has 7 nitrogen and oxygen atoms in total. The topological polar surface area (TPSA) is 81.4 Å². The lowest BCUT2D eigenvalue weighted by Crippen LogP contribution is -2.54. The molecule has 0 saturated heterocycles. The van der Waals surface area contributed by atoms with Crippen molar-refractivity contribution >= 4 is 11.6 Å². The number of halogens is 1. The fourth-order valence-electron chi connectivity index (χ4n) is 6.55. The number of ether oxygens (including phenoxy) is 1. The van der Waals surface area contributed by atoms with E-state index < -0.39 is 0 Å². The zero-order chi connectivity index (χ0) is 21.7. The first-order valence-corrected chi connectivity index (χ1v) is 11.5. The number of fused-ring (bicyclic) bond motifs is 1. The maximum atomic E-state index is 13.6. The van der Waals surface area contributed by atoms with Gasteiger partial charge in [-0.25, -0.2) is 4.39 Å². The molecule has 0 unspecified atom stereocenters. The van der Waals surface area contributed by atoms with Gasteiger partial charge in [-0.1, -0.05) is 12.1 Å². The van der Waals surface area contributed by atoms with E-state index in [0.717, 1.165) is 37.0 Å². The third kappa shape index (κ3) is 3.42. The van der Waals surface area contributed by atoms with Crippen molar-refractivity contribution in [2.24, 2.45) is 23.2 Å². The van der Waals surface area contributed by atoms with E-state index in [2.05, 4.69) is 20.6 Å². The second-order valence-electron chi connectivity index (χ2n) is 9.78. The maximum absolute atomic E-state index is 13.6. The molecule has 8 heteroatoms. The Morgan fingerprint density at radius 3 is 2.56 bits per heavy atom. The summed E-state index contributed by atoms with van der Waals surface area (Å²) < 4.78 is 20.9. The summed E-state index contributed by atoms with van der Waals surface area (Å²) in [5.41, 5.74) is 0.991. The molecule has 166 valence electrons. The van der Waals surface area contributed by atoms with Gasteiger partial charge in [-0.3, -0.25) is 4.79 Å². The Balaban J connectivity index is 1.09. The lowest BCUT2D eigenvalue weighted by Gasteiger charge is -2.55. The van der Waals surface area contributed by atoms with Crippen LogP contribution in [-0.2, 0) is 4.79 Å². The van der Waals surface area contributed by atoms with Gasteiger partial charge in [-0.05, 0) is 74.5 Å². The van der Waals surface area contributed by atoms with Crippen LogP contribution in [0.2, 0.25) is 0 Å². The fourth-order valence-corrected chi connectivity index (χ4v) is 6.55. The van der Waals surface area contributed by atoms with Gasteiger partial charge in [0, 0.05) is 17.0 Å². The summed E-state index contributed by atoms with van der Waals surface area (Å²) in [6.07, 6.45) is 7.14. The number of benzene rings is 1. The van der Waals surface area contributed by atoms with Crippen LogP contribution in [0.5, 0.6) is 5.88 Å². The molecule has 32 heavy (non-hydrogen) atoms. The zero-order valence-electron chi connectivity index (χ0n) is 17.8. The summed E-state index contributed by atoms with van der Waals surface area (Å²) in [5.74, 6) is 2.94. The summed E-state index contributed by atoms with van der Waals surface area (Å²) in [7, 11) is 0. The summed E-state index contributed by atoms with van der Waals surface area (Å²) in [6, 6.07) is 9.64. The van der Waals surface area contributed by atoms with Crippen molar-refractivity contribution in [1.82, 2.24) is 25.1 Å². The van der Waals surface area contributed by atoms with E-state index in [1.165, 1.54) is 35.9 Å². The molecule has 4 fully saturated rings. The molecule has 7 rings (SSSR count). The second kappa shape index (κ2) is 7.53. The van der Waals surface area contributed by atoms with E-state index in [0.29, 0.717) is 36.1 Å². The van der Waals surface area contributed by atoms with Crippen molar-refractivity contribution in [3.8, 4) is 17.3 Å². The maximum Gasteiger partial charge on any atom is 0.231 e. The predicted molar refractivity (Wildman–Crippen MR) is 115 cm³/mol. The molecule has 3 aromatic rings. The molecule has 4 saturated carbocycles. The molecule has 0 radical (unpaired) electrons. The van der Waals surface area contributed by atoms with Crippen LogP contribution in [0.15, 0.2) is 36.4 Å². The average molecular weight is 436 g/mol. The van der Waals surface area contributed by atoms with Gasteiger partial charge >= 0.3 is 0 Å². The molecular formula is C24H26FN5O2. The van der Waals surface area contributed by atoms with Crippen LogP contribution in [0.25, 0.3) is 17.0 Å². The van der Waals surface area contributed by atoms with Gasteiger partial charge < -0.3 is 10.1 Å². The Labute approximate surface area is 185 Å². The largest absolute Gasteiger partial charge is 0.475 e. The first-order chi connectivity index (χ1) is 15.6. The highest BCUT2D eigenvalue weighted by molar-refractivity contribution is 5.83. The molecule has 0 spiro atoms. The highest BCUT2D eigenvalue weighted by Gasteiger charge is 2.54. The van der Waals surface area contributed by atoms with Crippen molar-refractivity contribution in [3.05, 3.63) is 42.2 Å². The molecule has 0 aliphatic heterocycles. The van der Waals surface area contributed by atoms with Gasteiger partial charge in [-0.15, -0.1) is 15.3 Å². The number of rotatable bonds is 6. The summed E-state index contributed by atoms with van der Waals surface area (Å²) >= 11 is 0. The van der Waals surface area contributed by atoms with Crippen molar-refractivity contribution in [1.29, 1.82) is 0 Å². The van der Waals surface area contributed by atoms with Gasteiger partial charge in [0.05, 0.1) is 6.54 Å². The van der Waals surface area contributed by atoms with E-state index in [1.807, 2.05) is 0 Å². The van der Waals surface area contributed by atoms with Gasteiger partial charge in [0.2, 0.25) is 11.8 Å². The molecule has 4 bridgehead atoms. The van der Waals surface area contributed by atoms with Crippen LogP contribution in [-0.4, -0.2) is 38.9 Å². The van der Waals surface area contributed by atoms with E-state index in [9.17, 15) is 9.18 Å². The van der Waals surface area contributed by atoms with E-state index in [-0.39, 0.29) is 17.1 Å². The quantitative estimate of drug-likeness (QED) is 0.598. The summed E-state index contributed by atoms with van der Waals surface area (Å²) in [5, 5.41) is 15.8. The standard InChI is InChI=1S/C24H26FN5O2/c25-19-3-1-2-18(11-19)22-28-27-20-4-5-21(29-30(20)22)32-7-6-26-23(31)24-12-15-8-16(13-24)10-17(9-15)14-24/h1-5,11,15-17H,6-10,12-14H2,(H,26,31). The van der Waals surface area contributed by atoms with Crippen molar-refractivity contribution in [3.63, 3.8) is 0 Å². The Morgan fingerprint density at radius 1 is 1.09 bits per heavy atom. The minimum absolute atomic E-state index is 0.145. The van der Waals surface area contributed by atoms with E-state index in [1.54, 1.807) is 24.3 Å². The van der Waals surface area contributed by atoms with Crippen LogP contribution in [0, 0.1) is 29.0 Å².